The number of ether oxygens (including phenoxy) is 1. The van der Waals surface area contributed by atoms with Gasteiger partial charge in [0.2, 0.25) is 10.0 Å². The number of esters is 1. The van der Waals surface area contributed by atoms with Gasteiger partial charge in [0, 0.05) is 25.2 Å². The normalized spacial score (nSPS) is 11.3. The van der Waals surface area contributed by atoms with Crippen LogP contribution in [0, 0.1) is 0 Å². The molecule has 156 valence electrons. The lowest BCUT2D eigenvalue weighted by molar-refractivity contribution is 0.0600. The van der Waals surface area contributed by atoms with E-state index >= 15 is 0 Å². The van der Waals surface area contributed by atoms with Crippen molar-refractivity contribution in [3.05, 3.63) is 65.2 Å². The first-order valence-electron chi connectivity index (χ1n) is 9.39. The van der Waals surface area contributed by atoms with E-state index in [0.717, 1.165) is 5.56 Å². The molecule has 1 N–H and O–H groups in total. The second-order valence-electron chi connectivity index (χ2n) is 6.31. The lowest BCUT2D eigenvalue weighted by Crippen LogP contribution is -2.31. The van der Waals surface area contributed by atoms with E-state index in [9.17, 15) is 18.0 Å². The third kappa shape index (κ3) is 5.65. The molecule has 2 aromatic rings. The van der Waals surface area contributed by atoms with Crippen LogP contribution < -0.4 is 5.32 Å². The quantitative estimate of drug-likeness (QED) is 0.632. The second-order valence-corrected chi connectivity index (χ2v) is 8.25. The number of nitrogens with one attached hydrogen (secondary N) is 1. The molecule has 0 fully saturated rings. The molecule has 0 saturated heterocycles. The Hall–Kier alpha value is -2.71. The number of amides is 1. The number of hydrogen-bond acceptors (Lipinski definition) is 5. The minimum atomic E-state index is -3.62. The van der Waals surface area contributed by atoms with E-state index in [0.29, 0.717) is 37.2 Å². The number of benzene rings is 2. The fourth-order valence-electron chi connectivity index (χ4n) is 2.86. The standard InChI is InChI=1S/C21H26N2O5S/c1-4-23(5-2)29(26,27)19-8-6-7-18(15-19)20(24)22-14-13-16-9-11-17(12-10-16)21(25)28-3/h6-12,15H,4-5,13-14H2,1-3H3,(H,22,24). The number of hydrogen-bond donors (Lipinski definition) is 1. The maximum atomic E-state index is 12.6. The fourth-order valence-corrected chi connectivity index (χ4v) is 4.36. The average Bonchev–Trinajstić information content (AvgIpc) is 2.74. The third-order valence-corrected chi connectivity index (χ3v) is 6.56. The van der Waals surface area contributed by atoms with E-state index in [1.807, 2.05) is 0 Å². The van der Waals surface area contributed by atoms with Gasteiger partial charge in [0.05, 0.1) is 17.6 Å². The lowest BCUT2D eigenvalue weighted by atomic mass is 10.1. The summed E-state index contributed by atoms with van der Waals surface area (Å²) >= 11 is 0. The predicted molar refractivity (Wildman–Crippen MR) is 110 cm³/mol. The van der Waals surface area contributed by atoms with Gasteiger partial charge < -0.3 is 10.1 Å². The maximum absolute atomic E-state index is 12.6. The summed E-state index contributed by atoms with van der Waals surface area (Å²) in [6, 6.07) is 13.0. The molecule has 0 radical (unpaired) electrons. The summed E-state index contributed by atoms with van der Waals surface area (Å²) in [4.78, 5) is 24.0. The van der Waals surface area contributed by atoms with E-state index in [-0.39, 0.29) is 10.8 Å². The van der Waals surface area contributed by atoms with Gasteiger partial charge in [-0.25, -0.2) is 13.2 Å². The Morgan fingerprint density at radius 2 is 1.66 bits per heavy atom. The summed E-state index contributed by atoms with van der Waals surface area (Å²) in [5, 5.41) is 2.79. The van der Waals surface area contributed by atoms with Crippen molar-refractivity contribution in [3.63, 3.8) is 0 Å². The summed E-state index contributed by atoms with van der Waals surface area (Å²) in [7, 11) is -2.29. The molecule has 8 heteroatoms. The van der Waals surface area contributed by atoms with Gasteiger partial charge in [0.1, 0.15) is 0 Å². The number of sulfonamides is 1. The second kappa shape index (κ2) is 10.2. The number of methoxy groups -OCH3 is 1. The van der Waals surface area contributed by atoms with E-state index in [1.165, 1.54) is 23.5 Å². The van der Waals surface area contributed by atoms with Gasteiger partial charge in [-0.15, -0.1) is 0 Å². The zero-order valence-corrected chi connectivity index (χ0v) is 17.7. The molecule has 0 heterocycles. The summed E-state index contributed by atoms with van der Waals surface area (Å²) in [5.41, 5.74) is 1.71. The first-order valence-corrected chi connectivity index (χ1v) is 10.8. The third-order valence-electron chi connectivity index (χ3n) is 4.51. The summed E-state index contributed by atoms with van der Waals surface area (Å²) in [6.07, 6.45) is 0.574. The zero-order chi connectivity index (χ0) is 21.4. The van der Waals surface area contributed by atoms with Crippen molar-refractivity contribution < 1.29 is 22.7 Å². The number of rotatable bonds is 9. The van der Waals surface area contributed by atoms with Crippen molar-refractivity contribution in [2.45, 2.75) is 25.2 Å². The summed E-state index contributed by atoms with van der Waals surface area (Å²) < 4.78 is 31.3. The molecule has 0 atom stereocenters. The van der Waals surface area contributed by atoms with Crippen LogP contribution in [0.5, 0.6) is 0 Å². The molecule has 0 saturated carbocycles. The van der Waals surface area contributed by atoms with Gasteiger partial charge in [-0.2, -0.15) is 4.31 Å². The SMILES string of the molecule is CCN(CC)S(=O)(=O)c1cccc(C(=O)NCCc2ccc(C(=O)OC)cc2)c1. The Kier molecular flexibility index (Phi) is 7.92. The Balaban J connectivity index is 2.00. The highest BCUT2D eigenvalue weighted by Crippen LogP contribution is 2.17. The van der Waals surface area contributed by atoms with Gasteiger partial charge in [0.15, 0.2) is 0 Å². The molecule has 0 aliphatic heterocycles. The van der Waals surface area contributed by atoms with Crippen LogP contribution in [0.15, 0.2) is 53.4 Å². The van der Waals surface area contributed by atoms with E-state index in [2.05, 4.69) is 10.1 Å². The topological polar surface area (TPSA) is 92.8 Å². The molecule has 0 unspecified atom stereocenters. The highest BCUT2D eigenvalue weighted by atomic mass is 32.2. The highest BCUT2D eigenvalue weighted by molar-refractivity contribution is 7.89. The number of carbonyl (C=O) groups is 2. The largest absolute Gasteiger partial charge is 0.465 e. The Morgan fingerprint density at radius 1 is 1.00 bits per heavy atom. The first kappa shape index (κ1) is 22.6. The molecule has 0 aliphatic rings. The molecule has 0 bridgehead atoms. The van der Waals surface area contributed by atoms with Crippen molar-refractivity contribution in [1.82, 2.24) is 9.62 Å². The van der Waals surface area contributed by atoms with E-state index in [1.54, 1.807) is 50.2 Å². The van der Waals surface area contributed by atoms with Gasteiger partial charge in [-0.3, -0.25) is 4.79 Å². The first-order chi connectivity index (χ1) is 13.8. The van der Waals surface area contributed by atoms with Gasteiger partial charge in [-0.1, -0.05) is 32.0 Å². The lowest BCUT2D eigenvalue weighted by Gasteiger charge is -2.18. The van der Waals surface area contributed by atoms with Crippen molar-refractivity contribution >= 4 is 21.9 Å². The van der Waals surface area contributed by atoms with Crippen molar-refractivity contribution in [2.75, 3.05) is 26.7 Å². The molecule has 29 heavy (non-hydrogen) atoms. The summed E-state index contributed by atoms with van der Waals surface area (Å²) in [6.45, 7) is 4.65. The average molecular weight is 419 g/mol. The van der Waals surface area contributed by atoms with Crippen LogP contribution in [-0.2, 0) is 21.2 Å². The van der Waals surface area contributed by atoms with Crippen molar-refractivity contribution in [2.24, 2.45) is 0 Å². The Labute approximate surface area is 171 Å². The predicted octanol–water partition coefficient (Wildman–Crippen LogP) is 2.48. The van der Waals surface area contributed by atoms with Crippen LogP contribution in [0.2, 0.25) is 0 Å². The Morgan fingerprint density at radius 3 is 2.24 bits per heavy atom. The molecular weight excluding hydrogens is 392 g/mol. The smallest absolute Gasteiger partial charge is 0.337 e. The van der Waals surface area contributed by atoms with Gasteiger partial charge >= 0.3 is 5.97 Å². The van der Waals surface area contributed by atoms with Crippen LogP contribution in [0.3, 0.4) is 0 Å². The monoisotopic (exact) mass is 418 g/mol. The summed E-state index contributed by atoms with van der Waals surface area (Å²) in [5.74, 6) is -0.739. The molecule has 7 nitrogen and oxygen atoms in total. The molecule has 0 spiro atoms. The van der Waals surface area contributed by atoms with Crippen molar-refractivity contribution in [3.8, 4) is 0 Å². The minimum absolute atomic E-state index is 0.104. The zero-order valence-electron chi connectivity index (χ0n) is 16.8. The molecular formula is C21H26N2O5S. The van der Waals surface area contributed by atoms with Crippen LogP contribution >= 0.6 is 0 Å². The number of nitrogens with zero attached hydrogens (tertiary/aromatic N) is 1. The highest BCUT2D eigenvalue weighted by Gasteiger charge is 2.22. The maximum Gasteiger partial charge on any atom is 0.337 e. The van der Waals surface area contributed by atoms with E-state index in [4.69, 9.17) is 0 Å². The Bertz CT molecular complexity index is 951. The molecule has 0 aliphatic carbocycles. The van der Waals surface area contributed by atoms with Crippen LogP contribution in [0.1, 0.15) is 40.1 Å². The van der Waals surface area contributed by atoms with Gasteiger partial charge in [-0.05, 0) is 42.3 Å². The minimum Gasteiger partial charge on any atom is -0.465 e. The fraction of sp³-hybridized carbons (Fsp3) is 0.333. The van der Waals surface area contributed by atoms with Crippen molar-refractivity contribution in [1.29, 1.82) is 0 Å². The van der Waals surface area contributed by atoms with Crippen LogP contribution in [0.25, 0.3) is 0 Å². The molecule has 1 amide bonds. The molecule has 2 rings (SSSR count). The van der Waals surface area contributed by atoms with E-state index < -0.39 is 16.0 Å². The molecule has 0 aromatic heterocycles. The molecule has 2 aromatic carbocycles. The van der Waals surface area contributed by atoms with Crippen LogP contribution in [-0.4, -0.2) is 51.3 Å². The van der Waals surface area contributed by atoms with Crippen LogP contribution in [0.4, 0.5) is 0 Å². The van der Waals surface area contributed by atoms with Gasteiger partial charge in [0.25, 0.3) is 5.91 Å². The number of carbonyl (C=O) groups excluding carboxylic acids is 2.